The van der Waals surface area contributed by atoms with E-state index in [1.54, 1.807) is 0 Å². The number of carboxylic acids is 1. The van der Waals surface area contributed by atoms with Crippen molar-refractivity contribution in [3.63, 3.8) is 0 Å². The second-order valence-corrected chi connectivity index (χ2v) is 6.66. The number of thiocarbonyl (C=S) groups is 1. The molecular formula is C16H9F2NO4S2. The van der Waals surface area contributed by atoms with E-state index < -0.39 is 30.1 Å². The standard InChI is InChI=1S/C16H9F2NO4S2/c17-8-1-3-10(11(18)5-8)12-4-2-9(23-12)6-13-15(22)19(7-14(20)21)16(24)25-13/h1-6H,7H2,(H,20,21)/b13-6+. The van der Waals surface area contributed by atoms with Crippen molar-refractivity contribution in [2.75, 3.05) is 6.54 Å². The summed E-state index contributed by atoms with van der Waals surface area (Å²) < 4.78 is 32.4. The first kappa shape index (κ1) is 17.3. The number of aliphatic carboxylic acids is 1. The van der Waals surface area contributed by atoms with Crippen LogP contribution in [0.4, 0.5) is 8.78 Å². The average Bonchev–Trinajstić information content (AvgIpc) is 3.08. The minimum atomic E-state index is -1.18. The van der Waals surface area contributed by atoms with Crippen molar-refractivity contribution in [1.82, 2.24) is 4.90 Å². The van der Waals surface area contributed by atoms with Gasteiger partial charge < -0.3 is 9.52 Å². The van der Waals surface area contributed by atoms with Crippen molar-refractivity contribution in [1.29, 1.82) is 0 Å². The monoisotopic (exact) mass is 381 g/mol. The molecule has 0 radical (unpaired) electrons. The van der Waals surface area contributed by atoms with Gasteiger partial charge in [-0.3, -0.25) is 14.5 Å². The molecule has 2 heterocycles. The Bertz CT molecular complexity index is 923. The third-order valence-corrected chi connectivity index (χ3v) is 4.64. The van der Waals surface area contributed by atoms with Crippen molar-refractivity contribution in [3.8, 4) is 11.3 Å². The first-order valence-corrected chi connectivity index (χ1v) is 8.10. The van der Waals surface area contributed by atoms with Crippen LogP contribution in [0, 0.1) is 11.6 Å². The van der Waals surface area contributed by atoms with Gasteiger partial charge in [0.1, 0.15) is 34.0 Å². The molecule has 128 valence electrons. The van der Waals surface area contributed by atoms with Crippen LogP contribution in [-0.2, 0) is 9.59 Å². The number of carbonyl (C=O) groups excluding carboxylic acids is 1. The Balaban J connectivity index is 1.86. The lowest BCUT2D eigenvalue weighted by atomic mass is 10.1. The smallest absolute Gasteiger partial charge is 0.323 e. The maximum absolute atomic E-state index is 13.8. The number of furan rings is 1. The zero-order chi connectivity index (χ0) is 18.1. The van der Waals surface area contributed by atoms with Crippen molar-refractivity contribution in [2.24, 2.45) is 0 Å². The first-order chi connectivity index (χ1) is 11.8. The summed E-state index contributed by atoms with van der Waals surface area (Å²) in [5, 5.41) is 8.80. The van der Waals surface area contributed by atoms with Crippen LogP contribution < -0.4 is 0 Å². The summed E-state index contributed by atoms with van der Waals surface area (Å²) in [5.74, 6) is -2.75. The van der Waals surface area contributed by atoms with Crippen LogP contribution >= 0.6 is 24.0 Å². The predicted molar refractivity (Wildman–Crippen MR) is 91.6 cm³/mol. The van der Waals surface area contributed by atoms with E-state index in [-0.39, 0.29) is 26.3 Å². The highest BCUT2D eigenvalue weighted by Crippen LogP contribution is 2.33. The summed E-state index contributed by atoms with van der Waals surface area (Å²) >= 11 is 5.94. The number of carbonyl (C=O) groups is 2. The van der Waals surface area contributed by atoms with Gasteiger partial charge in [-0.1, -0.05) is 24.0 Å². The quantitative estimate of drug-likeness (QED) is 0.646. The fourth-order valence-corrected chi connectivity index (χ4v) is 3.40. The number of halogens is 2. The normalized spacial score (nSPS) is 16.1. The molecular weight excluding hydrogens is 372 g/mol. The number of thioether (sulfide) groups is 1. The zero-order valence-electron chi connectivity index (χ0n) is 12.4. The highest BCUT2D eigenvalue weighted by molar-refractivity contribution is 8.26. The Morgan fingerprint density at radius 1 is 1.32 bits per heavy atom. The van der Waals surface area contributed by atoms with E-state index in [9.17, 15) is 18.4 Å². The lowest BCUT2D eigenvalue weighted by Crippen LogP contribution is -2.33. The van der Waals surface area contributed by atoms with Crippen molar-refractivity contribution in [2.45, 2.75) is 0 Å². The molecule has 0 bridgehead atoms. The van der Waals surface area contributed by atoms with E-state index in [0.29, 0.717) is 0 Å². The van der Waals surface area contributed by atoms with Gasteiger partial charge in [0.2, 0.25) is 0 Å². The second-order valence-electron chi connectivity index (χ2n) is 4.99. The van der Waals surface area contributed by atoms with Gasteiger partial charge in [0, 0.05) is 12.1 Å². The Morgan fingerprint density at radius 3 is 2.76 bits per heavy atom. The van der Waals surface area contributed by atoms with Gasteiger partial charge >= 0.3 is 5.97 Å². The van der Waals surface area contributed by atoms with Crippen LogP contribution in [-0.4, -0.2) is 32.7 Å². The molecule has 0 unspecified atom stereocenters. The SMILES string of the molecule is O=C(O)CN1C(=O)/C(=C\c2ccc(-c3ccc(F)cc3F)o2)SC1=S. The average molecular weight is 381 g/mol. The highest BCUT2D eigenvalue weighted by atomic mass is 32.2. The van der Waals surface area contributed by atoms with Crippen molar-refractivity contribution in [3.05, 3.63) is 52.6 Å². The van der Waals surface area contributed by atoms with Crippen LogP contribution in [0.15, 0.2) is 39.7 Å². The number of amides is 1. The largest absolute Gasteiger partial charge is 0.480 e. The third-order valence-electron chi connectivity index (χ3n) is 3.26. The number of benzene rings is 1. The van der Waals surface area contributed by atoms with Gasteiger partial charge in [0.25, 0.3) is 5.91 Å². The molecule has 1 amide bonds. The molecule has 0 atom stereocenters. The van der Waals surface area contributed by atoms with E-state index in [1.807, 2.05) is 0 Å². The lowest BCUT2D eigenvalue weighted by Gasteiger charge is -2.09. The van der Waals surface area contributed by atoms with E-state index in [4.69, 9.17) is 21.7 Å². The number of hydrogen-bond acceptors (Lipinski definition) is 5. The van der Waals surface area contributed by atoms with Crippen molar-refractivity contribution < 1.29 is 27.9 Å². The topological polar surface area (TPSA) is 70.8 Å². The molecule has 25 heavy (non-hydrogen) atoms. The molecule has 0 saturated carbocycles. The van der Waals surface area contributed by atoms with Gasteiger partial charge in [-0.2, -0.15) is 0 Å². The minimum Gasteiger partial charge on any atom is -0.480 e. The molecule has 0 spiro atoms. The summed E-state index contributed by atoms with van der Waals surface area (Å²) in [6.07, 6.45) is 1.39. The third kappa shape index (κ3) is 3.62. The van der Waals surface area contributed by atoms with Gasteiger partial charge in [-0.15, -0.1) is 0 Å². The predicted octanol–water partition coefficient (Wildman–Crippen LogP) is 3.51. The Kier molecular flexibility index (Phi) is 4.69. The first-order valence-electron chi connectivity index (χ1n) is 6.87. The molecule has 1 aromatic heterocycles. The summed E-state index contributed by atoms with van der Waals surface area (Å²) in [4.78, 5) is 24.1. The molecule has 9 heteroatoms. The Morgan fingerprint density at radius 2 is 2.08 bits per heavy atom. The molecule has 1 N–H and O–H groups in total. The number of rotatable bonds is 4. The van der Waals surface area contributed by atoms with E-state index in [2.05, 4.69) is 0 Å². The van der Waals surface area contributed by atoms with E-state index in [0.717, 1.165) is 28.8 Å². The van der Waals surface area contributed by atoms with Crippen LogP contribution in [0.2, 0.25) is 0 Å². The lowest BCUT2D eigenvalue weighted by molar-refractivity contribution is -0.140. The summed E-state index contributed by atoms with van der Waals surface area (Å²) in [6.45, 7) is -0.522. The summed E-state index contributed by atoms with van der Waals surface area (Å²) in [7, 11) is 0. The van der Waals surface area contributed by atoms with Crippen LogP contribution in [0.3, 0.4) is 0 Å². The molecule has 1 fully saturated rings. The molecule has 1 saturated heterocycles. The van der Waals surface area contributed by atoms with E-state index in [1.165, 1.54) is 24.3 Å². The number of carboxylic acid groups (broad SMARTS) is 1. The molecule has 2 aromatic rings. The molecule has 5 nitrogen and oxygen atoms in total. The minimum absolute atomic E-state index is 0.0828. The summed E-state index contributed by atoms with van der Waals surface area (Å²) in [5.41, 5.74) is 0.0828. The van der Waals surface area contributed by atoms with Gasteiger partial charge in [-0.05, 0) is 24.3 Å². The molecule has 1 aromatic carbocycles. The zero-order valence-corrected chi connectivity index (χ0v) is 14.0. The van der Waals surface area contributed by atoms with Crippen molar-refractivity contribution >= 4 is 46.3 Å². The maximum atomic E-state index is 13.8. The molecule has 1 aliphatic heterocycles. The molecule has 0 aliphatic carbocycles. The van der Waals surface area contributed by atoms with Gasteiger partial charge in [-0.25, -0.2) is 8.78 Å². The molecule has 1 aliphatic rings. The Hall–Kier alpha value is -2.52. The Labute approximate surface area is 149 Å². The second kappa shape index (κ2) is 6.77. The maximum Gasteiger partial charge on any atom is 0.323 e. The van der Waals surface area contributed by atoms with E-state index >= 15 is 0 Å². The fraction of sp³-hybridized carbons (Fsp3) is 0.0625. The summed E-state index contributed by atoms with van der Waals surface area (Å²) in [6, 6.07) is 6.10. The number of nitrogens with zero attached hydrogens (tertiary/aromatic N) is 1. The van der Waals surface area contributed by atoms with Crippen LogP contribution in [0.1, 0.15) is 5.76 Å². The van der Waals surface area contributed by atoms with Crippen LogP contribution in [0.25, 0.3) is 17.4 Å². The molecule has 3 rings (SSSR count). The number of hydrogen-bond donors (Lipinski definition) is 1. The highest BCUT2D eigenvalue weighted by Gasteiger charge is 2.33. The fourth-order valence-electron chi connectivity index (χ4n) is 2.17. The van der Waals surface area contributed by atoms with Gasteiger partial charge in [0.15, 0.2) is 0 Å². The van der Waals surface area contributed by atoms with Crippen LogP contribution in [0.5, 0.6) is 0 Å². The van der Waals surface area contributed by atoms with Gasteiger partial charge in [0.05, 0.1) is 10.5 Å².